The summed E-state index contributed by atoms with van der Waals surface area (Å²) in [7, 11) is 1.43. The summed E-state index contributed by atoms with van der Waals surface area (Å²) in [6.07, 6.45) is 0.135. The molecule has 2 N–H and O–H groups in total. The third kappa shape index (κ3) is 2.76. The number of hydrogen-bond donors (Lipinski definition) is 1. The fraction of sp³-hybridized carbons (Fsp3) is 0.300. The van der Waals surface area contributed by atoms with E-state index in [1.807, 2.05) is 0 Å². The number of hydrogen-bond acceptors (Lipinski definition) is 3. The molecular weight excluding hydrogens is 265 g/mol. The highest BCUT2D eigenvalue weighted by molar-refractivity contribution is 9.10. The molecule has 0 aliphatic rings. The van der Waals surface area contributed by atoms with Gasteiger partial charge in [-0.3, -0.25) is 4.79 Å². The second-order valence-corrected chi connectivity index (χ2v) is 3.78. The molecule has 0 saturated carbocycles. The maximum Gasteiger partial charge on any atom is 0.167 e. The zero-order valence-corrected chi connectivity index (χ0v) is 9.80. The number of nitrogens with two attached hydrogens (primary N) is 1. The Kier molecular flexibility index (Phi) is 4.23. The van der Waals surface area contributed by atoms with Crippen molar-refractivity contribution in [2.24, 2.45) is 5.73 Å². The van der Waals surface area contributed by atoms with Crippen LogP contribution in [0.15, 0.2) is 16.6 Å². The second-order valence-electron chi connectivity index (χ2n) is 2.93. The first-order valence-electron chi connectivity index (χ1n) is 4.36. The molecular formula is C10H11BrFNO2. The normalized spacial score (nSPS) is 10.1. The Morgan fingerprint density at radius 2 is 2.27 bits per heavy atom. The summed E-state index contributed by atoms with van der Waals surface area (Å²) >= 11 is 3.19. The summed E-state index contributed by atoms with van der Waals surface area (Å²) in [5.74, 6) is -0.538. The number of rotatable bonds is 4. The molecule has 0 spiro atoms. The van der Waals surface area contributed by atoms with E-state index >= 15 is 0 Å². The van der Waals surface area contributed by atoms with Crippen LogP contribution in [0.5, 0.6) is 5.75 Å². The van der Waals surface area contributed by atoms with Crippen molar-refractivity contribution in [2.75, 3.05) is 13.7 Å². The SMILES string of the molecule is COc1cc(F)c(C(=O)CCN)cc1Br. The van der Waals surface area contributed by atoms with E-state index in [-0.39, 0.29) is 24.3 Å². The van der Waals surface area contributed by atoms with Gasteiger partial charge >= 0.3 is 0 Å². The van der Waals surface area contributed by atoms with Gasteiger partial charge in [0.1, 0.15) is 11.6 Å². The monoisotopic (exact) mass is 275 g/mol. The van der Waals surface area contributed by atoms with Gasteiger partial charge in [-0.25, -0.2) is 4.39 Å². The quantitative estimate of drug-likeness (QED) is 0.857. The summed E-state index contributed by atoms with van der Waals surface area (Å²) < 4.78 is 18.9. The van der Waals surface area contributed by atoms with Crippen molar-refractivity contribution in [1.82, 2.24) is 0 Å². The van der Waals surface area contributed by atoms with Gasteiger partial charge in [0.25, 0.3) is 0 Å². The van der Waals surface area contributed by atoms with Gasteiger partial charge in [-0.2, -0.15) is 0 Å². The van der Waals surface area contributed by atoms with Gasteiger partial charge in [0, 0.05) is 12.5 Å². The molecule has 0 fully saturated rings. The van der Waals surface area contributed by atoms with Crippen LogP contribution in [0.2, 0.25) is 0 Å². The molecule has 3 nitrogen and oxygen atoms in total. The molecule has 1 aromatic rings. The van der Waals surface area contributed by atoms with E-state index in [1.54, 1.807) is 0 Å². The highest BCUT2D eigenvalue weighted by Crippen LogP contribution is 2.28. The predicted molar refractivity (Wildman–Crippen MR) is 58.7 cm³/mol. The maximum atomic E-state index is 13.4. The molecule has 0 bridgehead atoms. The molecule has 1 aromatic carbocycles. The number of ether oxygens (including phenoxy) is 1. The van der Waals surface area contributed by atoms with Gasteiger partial charge in [0.05, 0.1) is 17.1 Å². The van der Waals surface area contributed by atoms with E-state index in [1.165, 1.54) is 19.2 Å². The molecule has 0 heterocycles. The van der Waals surface area contributed by atoms with Crippen LogP contribution in [0.1, 0.15) is 16.8 Å². The second kappa shape index (κ2) is 5.23. The minimum atomic E-state index is -0.589. The Labute approximate surface area is 95.5 Å². The Morgan fingerprint density at radius 3 is 2.80 bits per heavy atom. The Bertz CT molecular complexity index is 382. The van der Waals surface area contributed by atoms with Crippen LogP contribution in [0, 0.1) is 5.82 Å². The van der Waals surface area contributed by atoms with Crippen molar-refractivity contribution in [3.05, 3.63) is 28.0 Å². The minimum absolute atomic E-state index is 0.0353. The molecule has 0 aliphatic heterocycles. The molecule has 0 aromatic heterocycles. The van der Waals surface area contributed by atoms with Crippen LogP contribution in [0.3, 0.4) is 0 Å². The first-order valence-corrected chi connectivity index (χ1v) is 5.15. The number of methoxy groups -OCH3 is 1. The first kappa shape index (κ1) is 12.1. The summed E-state index contributed by atoms with van der Waals surface area (Å²) in [4.78, 5) is 11.4. The number of benzene rings is 1. The van der Waals surface area contributed by atoms with Crippen molar-refractivity contribution in [3.63, 3.8) is 0 Å². The molecule has 5 heteroatoms. The highest BCUT2D eigenvalue weighted by Gasteiger charge is 2.14. The summed E-state index contributed by atoms with van der Waals surface area (Å²) in [5, 5.41) is 0. The number of ketones is 1. The molecule has 15 heavy (non-hydrogen) atoms. The van der Waals surface area contributed by atoms with Crippen LogP contribution in [0.25, 0.3) is 0 Å². The first-order chi connectivity index (χ1) is 7.10. The molecule has 0 amide bonds. The van der Waals surface area contributed by atoms with E-state index in [4.69, 9.17) is 10.5 Å². The largest absolute Gasteiger partial charge is 0.495 e. The van der Waals surface area contributed by atoms with E-state index < -0.39 is 5.82 Å². The molecule has 1 rings (SSSR count). The van der Waals surface area contributed by atoms with Gasteiger partial charge in [-0.15, -0.1) is 0 Å². The van der Waals surface area contributed by atoms with E-state index in [0.29, 0.717) is 10.2 Å². The van der Waals surface area contributed by atoms with Gasteiger partial charge < -0.3 is 10.5 Å². The molecule has 0 atom stereocenters. The lowest BCUT2D eigenvalue weighted by Gasteiger charge is -2.06. The van der Waals surface area contributed by atoms with Crippen molar-refractivity contribution < 1.29 is 13.9 Å². The summed E-state index contributed by atoms with van der Waals surface area (Å²) in [5.41, 5.74) is 5.27. The summed E-state index contributed by atoms with van der Waals surface area (Å²) in [6.45, 7) is 0.210. The smallest absolute Gasteiger partial charge is 0.167 e. The van der Waals surface area contributed by atoms with E-state index in [0.717, 1.165) is 0 Å². The van der Waals surface area contributed by atoms with Crippen LogP contribution in [-0.2, 0) is 0 Å². The Morgan fingerprint density at radius 1 is 1.60 bits per heavy atom. The van der Waals surface area contributed by atoms with Crippen molar-refractivity contribution >= 4 is 21.7 Å². The maximum absolute atomic E-state index is 13.4. The third-order valence-electron chi connectivity index (χ3n) is 1.91. The van der Waals surface area contributed by atoms with Gasteiger partial charge in [0.15, 0.2) is 5.78 Å². The fourth-order valence-corrected chi connectivity index (χ4v) is 1.67. The number of halogens is 2. The number of carbonyl (C=O) groups excluding carboxylic acids is 1. The number of carbonyl (C=O) groups is 1. The molecule has 0 aliphatic carbocycles. The Balaban J connectivity index is 3.10. The molecule has 0 unspecified atom stereocenters. The van der Waals surface area contributed by atoms with E-state index in [9.17, 15) is 9.18 Å². The molecule has 0 radical (unpaired) electrons. The van der Waals surface area contributed by atoms with Crippen LogP contribution in [0.4, 0.5) is 4.39 Å². The predicted octanol–water partition coefficient (Wildman–Crippen LogP) is 2.13. The lowest BCUT2D eigenvalue weighted by molar-refractivity contribution is 0.0981. The average Bonchev–Trinajstić information content (AvgIpc) is 2.21. The fourth-order valence-electron chi connectivity index (χ4n) is 1.16. The van der Waals surface area contributed by atoms with Gasteiger partial charge in [0.2, 0.25) is 0 Å². The van der Waals surface area contributed by atoms with Gasteiger partial charge in [-0.1, -0.05) is 0 Å². The topological polar surface area (TPSA) is 52.3 Å². The minimum Gasteiger partial charge on any atom is -0.495 e. The number of Topliss-reactive ketones (excluding diaryl/α,β-unsaturated/α-hetero) is 1. The van der Waals surface area contributed by atoms with Crippen molar-refractivity contribution in [1.29, 1.82) is 0 Å². The van der Waals surface area contributed by atoms with Crippen molar-refractivity contribution in [3.8, 4) is 5.75 Å². The van der Waals surface area contributed by atoms with Crippen LogP contribution >= 0.6 is 15.9 Å². The lowest BCUT2D eigenvalue weighted by Crippen LogP contribution is -2.10. The van der Waals surface area contributed by atoms with E-state index in [2.05, 4.69) is 15.9 Å². The zero-order chi connectivity index (χ0) is 11.4. The van der Waals surface area contributed by atoms with Crippen LogP contribution in [-0.4, -0.2) is 19.4 Å². The Hall–Kier alpha value is -0.940. The molecule has 82 valence electrons. The van der Waals surface area contributed by atoms with Crippen LogP contribution < -0.4 is 10.5 Å². The average molecular weight is 276 g/mol. The van der Waals surface area contributed by atoms with Gasteiger partial charge in [-0.05, 0) is 28.5 Å². The zero-order valence-electron chi connectivity index (χ0n) is 8.22. The lowest BCUT2D eigenvalue weighted by atomic mass is 10.1. The standard InChI is InChI=1S/C10H11BrFNO2/c1-15-10-5-8(12)6(4-7(10)11)9(14)2-3-13/h4-5H,2-3,13H2,1H3. The third-order valence-corrected chi connectivity index (χ3v) is 2.53. The molecule has 0 saturated heterocycles. The summed E-state index contributed by atoms with van der Waals surface area (Å²) in [6, 6.07) is 2.58. The highest BCUT2D eigenvalue weighted by atomic mass is 79.9. The van der Waals surface area contributed by atoms with Crippen molar-refractivity contribution in [2.45, 2.75) is 6.42 Å².